The van der Waals surface area contributed by atoms with E-state index in [0.717, 1.165) is 5.56 Å². The van der Waals surface area contributed by atoms with Gasteiger partial charge in [-0.05, 0) is 17.7 Å². The van der Waals surface area contributed by atoms with Crippen LogP contribution in [0.1, 0.15) is 5.56 Å². The van der Waals surface area contributed by atoms with E-state index in [0.29, 0.717) is 19.8 Å². The van der Waals surface area contributed by atoms with Crippen LogP contribution in [0, 0.1) is 5.82 Å². The average Bonchev–Trinajstić information content (AvgIpc) is 2.91. The average molecular weight is 253 g/mol. The molecule has 2 aliphatic heterocycles. The van der Waals surface area contributed by atoms with E-state index in [1.165, 1.54) is 12.1 Å². The molecular weight excluding hydrogens is 237 g/mol. The topological polar surface area (TPSA) is 53.7 Å². The molecule has 0 aliphatic carbocycles. The lowest BCUT2D eigenvalue weighted by atomic mass is 10.1. The summed E-state index contributed by atoms with van der Waals surface area (Å²) >= 11 is 0. The fraction of sp³-hybridized carbons (Fsp3) is 0.538. The van der Waals surface area contributed by atoms with Gasteiger partial charge in [0, 0.05) is 0 Å². The van der Waals surface area contributed by atoms with E-state index in [9.17, 15) is 4.39 Å². The first-order chi connectivity index (χ1) is 8.74. The number of halogens is 1. The van der Waals surface area contributed by atoms with Crippen molar-refractivity contribution in [3.05, 3.63) is 35.6 Å². The van der Waals surface area contributed by atoms with Crippen molar-refractivity contribution in [1.82, 2.24) is 0 Å². The number of hydrogen-bond acceptors (Lipinski definition) is 4. The van der Waals surface area contributed by atoms with Crippen LogP contribution in [0.25, 0.3) is 0 Å². The molecule has 1 aromatic carbocycles. The van der Waals surface area contributed by atoms with Crippen molar-refractivity contribution in [1.29, 1.82) is 0 Å². The van der Waals surface area contributed by atoms with Crippen molar-refractivity contribution in [3.63, 3.8) is 0 Å². The quantitative estimate of drug-likeness (QED) is 0.867. The highest BCUT2D eigenvalue weighted by atomic mass is 19.1. The molecule has 5 heteroatoms. The Bertz CT molecular complexity index is 428. The number of fused-ring (bicyclic) bond motifs is 1. The smallest absolute Gasteiger partial charge is 0.123 e. The van der Waals surface area contributed by atoms with Crippen LogP contribution in [0.2, 0.25) is 0 Å². The van der Waals surface area contributed by atoms with E-state index in [1.54, 1.807) is 6.07 Å². The number of hydrogen-bond donors (Lipinski definition) is 1. The Labute approximate surface area is 105 Å². The largest absolute Gasteiger partial charge is 0.371 e. The summed E-state index contributed by atoms with van der Waals surface area (Å²) in [4.78, 5) is 0. The second kappa shape index (κ2) is 4.93. The lowest BCUT2D eigenvalue weighted by molar-refractivity contribution is -0.0390. The van der Waals surface area contributed by atoms with Crippen molar-refractivity contribution in [2.75, 3.05) is 13.2 Å². The van der Waals surface area contributed by atoms with Gasteiger partial charge in [-0.3, -0.25) is 0 Å². The maximum Gasteiger partial charge on any atom is 0.123 e. The first-order valence-electron chi connectivity index (χ1n) is 6.09. The van der Waals surface area contributed by atoms with Crippen molar-refractivity contribution < 1.29 is 18.6 Å². The van der Waals surface area contributed by atoms with E-state index in [1.807, 2.05) is 6.07 Å². The van der Waals surface area contributed by atoms with Crippen LogP contribution in [0.3, 0.4) is 0 Å². The van der Waals surface area contributed by atoms with Crippen LogP contribution in [0.15, 0.2) is 24.3 Å². The molecule has 0 aromatic heterocycles. The van der Waals surface area contributed by atoms with Crippen LogP contribution >= 0.6 is 0 Å². The second-order valence-electron chi connectivity index (χ2n) is 4.74. The molecule has 0 amide bonds. The molecule has 0 unspecified atom stereocenters. The van der Waals surface area contributed by atoms with Crippen LogP contribution < -0.4 is 5.73 Å². The summed E-state index contributed by atoms with van der Waals surface area (Å²) in [5.41, 5.74) is 6.66. The van der Waals surface area contributed by atoms with E-state index in [-0.39, 0.29) is 30.2 Å². The standard InChI is InChI=1S/C13H16FNO3/c14-9-3-1-2-8(4-9)5-16-11-7-18-12-10(15)6-17-13(11)12/h1-4,10-13H,5-7,15H2/t10-,11-,12+,13-/m0/s1. The van der Waals surface area contributed by atoms with Crippen LogP contribution in [-0.4, -0.2) is 37.6 Å². The van der Waals surface area contributed by atoms with E-state index >= 15 is 0 Å². The molecule has 2 fully saturated rings. The summed E-state index contributed by atoms with van der Waals surface area (Å²) < 4.78 is 29.9. The molecule has 4 nitrogen and oxygen atoms in total. The van der Waals surface area contributed by atoms with E-state index in [4.69, 9.17) is 19.9 Å². The molecule has 3 rings (SSSR count). The van der Waals surface area contributed by atoms with Gasteiger partial charge in [-0.25, -0.2) is 4.39 Å². The SMILES string of the molecule is N[C@H]1CO[C@@H]2[C@@H]1OC[C@@H]2OCc1cccc(F)c1. The Morgan fingerprint density at radius 3 is 2.94 bits per heavy atom. The summed E-state index contributed by atoms with van der Waals surface area (Å²) in [7, 11) is 0. The monoisotopic (exact) mass is 253 g/mol. The fourth-order valence-electron chi connectivity index (χ4n) is 2.47. The minimum atomic E-state index is -0.254. The Kier molecular flexibility index (Phi) is 3.30. The molecule has 2 N–H and O–H groups in total. The van der Waals surface area contributed by atoms with Gasteiger partial charge in [-0.2, -0.15) is 0 Å². The van der Waals surface area contributed by atoms with E-state index in [2.05, 4.69) is 0 Å². The lowest BCUT2D eigenvalue weighted by Gasteiger charge is -2.16. The number of benzene rings is 1. The van der Waals surface area contributed by atoms with Crippen molar-refractivity contribution in [3.8, 4) is 0 Å². The Hall–Kier alpha value is -1.01. The Morgan fingerprint density at radius 1 is 1.28 bits per heavy atom. The maximum atomic E-state index is 13.0. The molecule has 0 bridgehead atoms. The fourth-order valence-corrected chi connectivity index (χ4v) is 2.47. The third-order valence-electron chi connectivity index (χ3n) is 3.40. The van der Waals surface area contributed by atoms with Crippen molar-refractivity contribution in [2.24, 2.45) is 5.73 Å². The molecule has 4 atom stereocenters. The molecule has 2 aliphatic rings. The minimum Gasteiger partial charge on any atom is -0.371 e. The van der Waals surface area contributed by atoms with E-state index < -0.39 is 0 Å². The molecule has 0 spiro atoms. The zero-order valence-electron chi connectivity index (χ0n) is 9.92. The zero-order valence-corrected chi connectivity index (χ0v) is 9.92. The first-order valence-corrected chi connectivity index (χ1v) is 6.09. The molecule has 0 saturated carbocycles. The predicted molar refractivity (Wildman–Crippen MR) is 62.4 cm³/mol. The molecule has 2 saturated heterocycles. The first kappa shape index (κ1) is 12.0. The lowest BCUT2D eigenvalue weighted by Crippen LogP contribution is -2.37. The second-order valence-corrected chi connectivity index (χ2v) is 4.74. The number of ether oxygens (including phenoxy) is 3. The Balaban J connectivity index is 1.58. The predicted octanol–water partition coefficient (Wildman–Crippen LogP) is 0.836. The highest BCUT2D eigenvalue weighted by Gasteiger charge is 2.46. The van der Waals surface area contributed by atoms with Gasteiger partial charge in [0.25, 0.3) is 0 Å². The molecule has 98 valence electrons. The number of rotatable bonds is 3. The summed E-state index contributed by atoms with van der Waals surface area (Å²) in [6.07, 6.45) is -0.275. The molecule has 0 radical (unpaired) electrons. The number of nitrogens with two attached hydrogens (primary N) is 1. The highest BCUT2D eigenvalue weighted by Crippen LogP contribution is 2.28. The van der Waals surface area contributed by atoms with Gasteiger partial charge in [-0.1, -0.05) is 12.1 Å². The van der Waals surface area contributed by atoms with Crippen molar-refractivity contribution in [2.45, 2.75) is 31.0 Å². The molecule has 2 heterocycles. The summed E-state index contributed by atoms with van der Waals surface area (Å²) in [5, 5.41) is 0. The van der Waals surface area contributed by atoms with Crippen LogP contribution in [0.4, 0.5) is 4.39 Å². The van der Waals surface area contributed by atoms with Gasteiger partial charge in [0.15, 0.2) is 0 Å². The third-order valence-corrected chi connectivity index (χ3v) is 3.40. The van der Waals surface area contributed by atoms with Crippen LogP contribution in [-0.2, 0) is 20.8 Å². The molecular formula is C13H16FNO3. The van der Waals surface area contributed by atoms with Gasteiger partial charge in [-0.15, -0.1) is 0 Å². The Morgan fingerprint density at radius 2 is 2.11 bits per heavy atom. The van der Waals surface area contributed by atoms with Gasteiger partial charge in [0.2, 0.25) is 0 Å². The van der Waals surface area contributed by atoms with Crippen LogP contribution in [0.5, 0.6) is 0 Å². The summed E-state index contributed by atoms with van der Waals surface area (Å²) in [5.74, 6) is -0.254. The van der Waals surface area contributed by atoms with Gasteiger partial charge >= 0.3 is 0 Å². The van der Waals surface area contributed by atoms with Gasteiger partial charge in [0.1, 0.15) is 24.1 Å². The zero-order chi connectivity index (χ0) is 12.5. The molecule has 18 heavy (non-hydrogen) atoms. The third kappa shape index (κ3) is 2.27. The highest BCUT2D eigenvalue weighted by molar-refractivity contribution is 5.15. The minimum absolute atomic E-state index is 0.0671. The van der Waals surface area contributed by atoms with Gasteiger partial charge in [0.05, 0.1) is 25.9 Å². The van der Waals surface area contributed by atoms with Gasteiger partial charge < -0.3 is 19.9 Å². The molecule has 1 aromatic rings. The maximum absolute atomic E-state index is 13.0. The summed E-state index contributed by atoms with van der Waals surface area (Å²) in [6, 6.07) is 6.31. The van der Waals surface area contributed by atoms with Crippen molar-refractivity contribution >= 4 is 0 Å². The summed E-state index contributed by atoms with van der Waals surface area (Å²) in [6.45, 7) is 1.35. The normalized spacial score (nSPS) is 34.8.